The third-order valence-electron chi connectivity index (χ3n) is 2.82. The van der Waals surface area contributed by atoms with Crippen LogP contribution in [0.4, 0.5) is 5.69 Å². The van der Waals surface area contributed by atoms with Crippen LogP contribution in [0.15, 0.2) is 12.1 Å². The van der Waals surface area contributed by atoms with Crippen molar-refractivity contribution in [3.8, 4) is 11.8 Å². The molecule has 1 aromatic carbocycles. The minimum Gasteiger partial charge on any atom is -0.482 e. The molecule has 0 aliphatic rings. The Kier molecular flexibility index (Phi) is 5.39. The zero-order valence-corrected chi connectivity index (χ0v) is 12.4. The highest BCUT2D eigenvalue weighted by atomic mass is 16.5. The molecule has 0 aliphatic heterocycles. The predicted octanol–water partition coefficient (Wildman–Crippen LogP) is 1.81. The van der Waals surface area contributed by atoms with Crippen molar-refractivity contribution in [2.24, 2.45) is 5.92 Å². The normalized spacial score (nSPS) is 10.2. The summed E-state index contributed by atoms with van der Waals surface area (Å²) >= 11 is 0. The van der Waals surface area contributed by atoms with Gasteiger partial charge in [-0.25, -0.2) is 0 Å². The Morgan fingerprint density at radius 2 is 2.10 bits per heavy atom. The van der Waals surface area contributed by atoms with Crippen LogP contribution in [0, 0.1) is 17.2 Å². The second-order valence-electron chi connectivity index (χ2n) is 5.34. The molecule has 0 atom stereocenters. The fourth-order valence-electron chi connectivity index (χ4n) is 1.75. The maximum atomic E-state index is 11.5. The molecule has 0 heterocycles. The highest BCUT2D eigenvalue weighted by Crippen LogP contribution is 2.28. The van der Waals surface area contributed by atoms with Crippen LogP contribution in [0.5, 0.6) is 5.75 Å². The van der Waals surface area contributed by atoms with E-state index < -0.39 is 0 Å². The van der Waals surface area contributed by atoms with Crippen LogP contribution in [0.3, 0.4) is 0 Å². The molecule has 5 heteroatoms. The lowest BCUT2D eigenvalue weighted by atomic mass is 10.00. The smallest absolute Gasteiger partial charge is 0.259 e. The molecule has 0 saturated carbocycles. The van der Waals surface area contributed by atoms with E-state index >= 15 is 0 Å². The lowest BCUT2D eigenvalue weighted by molar-refractivity contribution is -0.130. The Morgan fingerprint density at radius 3 is 2.60 bits per heavy atom. The van der Waals surface area contributed by atoms with Crippen molar-refractivity contribution in [1.29, 1.82) is 5.26 Å². The van der Waals surface area contributed by atoms with Crippen LogP contribution >= 0.6 is 0 Å². The van der Waals surface area contributed by atoms with Gasteiger partial charge in [0, 0.05) is 14.1 Å². The number of likely N-dealkylation sites (N-methyl/N-ethyl adjacent to an activating group) is 1. The van der Waals surface area contributed by atoms with Gasteiger partial charge in [-0.15, -0.1) is 0 Å². The molecule has 1 rings (SSSR count). The van der Waals surface area contributed by atoms with Gasteiger partial charge < -0.3 is 15.4 Å². The van der Waals surface area contributed by atoms with E-state index in [1.165, 1.54) is 4.90 Å². The van der Waals surface area contributed by atoms with E-state index in [-0.39, 0.29) is 18.2 Å². The molecule has 108 valence electrons. The maximum Gasteiger partial charge on any atom is 0.259 e. The molecule has 2 N–H and O–H groups in total. The summed E-state index contributed by atoms with van der Waals surface area (Å²) in [5.74, 6) is 0.702. The van der Waals surface area contributed by atoms with Crippen molar-refractivity contribution < 1.29 is 9.53 Å². The summed E-state index contributed by atoms with van der Waals surface area (Å²) in [5, 5.41) is 9.11. The summed E-state index contributed by atoms with van der Waals surface area (Å²) in [6.07, 6.45) is 0.826. The second-order valence-corrected chi connectivity index (χ2v) is 5.34. The van der Waals surface area contributed by atoms with Gasteiger partial charge in [0.2, 0.25) is 0 Å². The van der Waals surface area contributed by atoms with E-state index in [4.69, 9.17) is 15.7 Å². The van der Waals surface area contributed by atoms with Crippen LogP contribution < -0.4 is 10.5 Å². The van der Waals surface area contributed by atoms with Crippen molar-refractivity contribution >= 4 is 11.6 Å². The number of carbonyl (C=O) groups is 1. The first kappa shape index (κ1) is 15.8. The first-order valence-corrected chi connectivity index (χ1v) is 6.50. The topological polar surface area (TPSA) is 79.4 Å². The molecule has 5 nitrogen and oxygen atoms in total. The number of amides is 1. The van der Waals surface area contributed by atoms with Crippen molar-refractivity contribution in [3.05, 3.63) is 23.3 Å². The number of hydrogen-bond donors (Lipinski definition) is 1. The fraction of sp³-hybridized carbons (Fsp3) is 0.467. The first-order chi connectivity index (χ1) is 9.35. The van der Waals surface area contributed by atoms with Gasteiger partial charge in [0.05, 0.1) is 11.3 Å². The molecular weight excluding hydrogens is 254 g/mol. The average molecular weight is 275 g/mol. The number of nitriles is 1. The molecule has 1 amide bonds. The maximum absolute atomic E-state index is 11.5. The highest BCUT2D eigenvalue weighted by molar-refractivity contribution is 5.77. The zero-order valence-electron chi connectivity index (χ0n) is 12.4. The molecular formula is C15H21N3O2. The van der Waals surface area contributed by atoms with E-state index in [1.54, 1.807) is 26.2 Å². The standard InChI is InChI=1S/C15H21N3O2/c1-10(2)5-11-6-12(8-16)15(17)13(7-11)20-9-14(19)18(3)4/h6-7,10H,5,9,17H2,1-4H3. The van der Waals surface area contributed by atoms with Gasteiger partial charge in [0.1, 0.15) is 11.8 Å². The SMILES string of the molecule is CC(C)Cc1cc(C#N)c(N)c(OCC(=O)N(C)C)c1. The zero-order chi connectivity index (χ0) is 15.3. The number of rotatable bonds is 5. The first-order valence-electron chi connectivity index (χ1n) is 6.50. The quantitative estimate of drug-likeness (QED) is 0.831. The molecule has 0 saturated heterocycles. The molecule has 0 spiro atoms. The Morgan fingerprint density at radius 1 is 1.45 bits per heavy atom. The minimum atomic E-state index is -0.155. The Bertz CT molecular complexity index is 531. The van der Waals surface area contributed by atoms with Gasteiger partial charge in [-0.3, -0.25) is 4.79 Å². The number of anilines is 1. The summed E-state index contributed by atoms with van der Waals surface area (Å²) < 4.78 is 5.46. The van der Waals surface area contributed by atoms with Gasteiger partial charge >= 0.3 is 0 Å². The predicted molar refractivity (Wildman–Crippen MR) is 78.3 cm³/mol. The summed E-state index contributed by atoms with van der Waals surface area (Å²) in [6.45, 7) is 4.10. The molecule has 0 fully saturated rings. The Hall–Kier alpha value is -2.22. The van der Waals surface area contributed by atoms with Gasteiger partial charge in [0.25, 0.3) is 5.91 Å². The number of ether oxygens (including phenoxy) is 1. The van der Waals surface area contributed by atoms with Gasteiger partial charge in [-0.05, 0) is 30.0 Å². The third-order valence-corrected chi connectivity index (χ3v) is 2.82. The van der Waals surface area contributed by atoms with Crippen molar-refractivity contribution in [2.45, 2.75) is 20.3 Å². The molecule has 0 aromatic heterocycles. The Labute approximate surface area is 119 Å². The number of nitrogens with two attached hydrogens (primary N) is 1. The highest BCUT2D eigenvalue weighted by Gasteiger charge is 2.12. The molecule has 1 aromatic rings. The molecule has 0 bridgehead atoms. The van der Waals surface area contributed by atoms with Crippen molar-refractivity contribution in [1.82, 2.24) is 4.90 Å². The van der Waals surface area contributed by atoms with Crippen LogP contribution in [0.2, 0.25) is 0 Å². The van der Waals surface area contributed by atoms with Crippen LogP contribution in [0.25, 0.3) is 0 Å². The molecule has 20 heavy (non-hydrogen) atoms. The van der Waals surface area contributed by atoms with E-state index in [9.17, 15) is 4.79 Å². The number of carbonyl (C=O) groups excluding carboxylic acids is 1. The lowest BCUT2D eigenvalue weighted by Gasteiger charge is -2.15. The van der Waals surface area contributed by atoms with E-state index in [0.717, 1.165) is 12.0 Å². The third kappa shape index (κ3) is 4.16. The monoisotopic (exact) mass is 275 g/mol. The van der Waals surface area contributed by atoms with Crippen molar-refractivity contribution in [3.63, 3.8) is 0 Å². The van der Waals surface area contributed by atoms with Gasteiger partial charge in [-0.1, -0.05) is 13.8 Å². The van der Waals surface area contributed by atoms with E-state index in [0.29, 0.717) is 17.2 Å². The number of nitrogens with zero attached hydrogens (tertiary/aromatic N) is 2. The minimum absolute atomic E-state index is 0.0901. The number of benzene rings is 1. The second kappa shape index (κ2) is 6.80. The Balaban J connectivity index is 2.99. The lowest BCUT2D eigenvalue weighted by Crippen LogP contribution is -2.27. The summed E-state index contributed by atoms with van der Waals surface area (Å²) in [7, 11) is 3.32. The largest absolute Gasteiger partial charge is 0.482 e. The molecule has 0 radical (unpaired) electrons. The molecule has 0 aliphatic carbocycles. The van der Waals surface area contributed by atoms with E-state index in [2.05, 4.69) is 19.9 Å². The average Bonchev–Trinajstić information content (AvgIpc) is 2.37. The summed E-state index contributed by atoms with van der Waals surface area (Å²) in [6, 6.07) is 5.64. The van der Waals surface area contributed by atoms with E-state index in [1.807, 2.05) is 0 Å². The van der Waals surface area contributed by atoms with Crippen LogP contribution in [-0.2, 0) is 11.2 Å². The number of nitrogen functional groups attached to an aromatic ring is 1. The summed E-state index contributed by atoms with van der Waals surface area (Å²) in [5.41, 5.74) is 7.54. The van der Waals surface area contributed by atoms with Gasteiger partial charge in [0.15, 0.2) is 6.61 Å². The van der Waals surface area contributed by atoms with Crippen molar-refractivity contribution in [2.75, 3.05) is 26.4 Å². The summed E-state index contributed by atoms with van der Waals surface area (Å²) in [4.78, 5) is 13.0. The number of hydrogen-bond acceptors (Lipinski definition) is 4. The molecule has 0 unspecified atom stereocenters. The van der Waals surface area contributed by atoms with Crippen LogP contribution in [-0.4, -0.2) is 31.5 Å². The van der Waals surface area contributed by atoms with Crippen LogP contribution in [0.1, 0.15) is 25.0 Å². The van der Waals surface area contributed by atoms with Gasteiger partial charge in [-0.2, -0.15) is 5.26 Å². The fourth-order valence-corrected chi connectivity index (χ4v) is 1.75.